The van der Waals surface area contributed by atoms with Gasteiger partial charge in [-0.2, -0.15) is 5.26 Å². The Morgan fingerprint density at radius 1 is 1.50 bits per heavy atom. The van der Waals surface area contributed by atoms with Crippen molar-refractivity contribution in [2.24, 2.45) is 5.41 Å². The molecule has 86 valence electrons. The Hall–Kier alpha value is -0.660. The first-order valence-corrected chi connectivity index (χ1v) is 6.81. The molecule has 0 saturated heterocycles. The van der Waals surface area contributed by atoms with Crippen LogP contribution in [0.4, 0.5) is 5.69 Å². The highest BCUT2D eigenvalue weighted by atomic mass is 79.9. The number of hydrogen-bond acceptors (Lipinski definition) is 3. The van der Waals surface area contributed by atoms with Crippen LogP contribution in [0.25, 0.3) is 0 Å². The number of hydrogen-bond donors (Lipinski definition) is 1. The van der Waals surface area contributed by atoms with Gasteiger partial charge in [-0.05, 0) is 60.2 Å². The van der Waals surface area contributed by atoms with Crippen LogP contribution in [0.3, 0.4) is 0 Å². The molecule has 0 fully saturated rings. The second kappa shape index (κ2) is 5.60. The summed E-state index contributed by atoms with van der Waals surface area (Å²) in [5, 5.41) is 8.90. The third kappa shape index (κ3) is 4.07. The number of nitrogens with zero attached hydrogens (tertiary/aromatic N) is 1. The third-order valence-electron chi connectivity index (χ3n) is 2.24. The van der Waals surface area contributed by atoms with Crippen LogP contribution < -0.4 is 5.73 Å². The Morgan fingerprint density at radius 2 is 2.19 bits per heavy atom. The van der Waals surface area contributed by atoms with Gasteiger partial charge < -0.3 is 5.73 Å². The summed E-state index contributed by atoms with van der Waals surface area (Å²) in [4.78, 5) is 1.17. The number of rotatable bonds is 4. The summed E-state index contributed by atoms with van der Waals surface area (Å²) in [6.07, 6.45) is 0.880. The van der Waals surface area contributed by atoms with Crippen LogP contribution in [-0.4, -0.2) is 5.75 Å². The maximum Gasteiger partial charge on any atom is 0.0684 e. The normalized spacial score (nSPS) is 11.1. The number of benzene rings is 1. The molecule has 0 aliphatic carbocycles. The fourth-order valence-corrected chi connectivity index (χ4v) is 3.04. The number of anilines is 1. The third-order valence-corrected chi connectivity index (χ3v) is 4.24. The topological polar surface area (TPSA) is 49.8 Å². The number of thioether (sulfide) groups is 1. The quantitative estimate of drug-likeness (QED) is 0.673. The van der Waals surface area contributed by atoms with E-state index in [1.54, 1.807) is 11.8 Å². The zero-order valence-corrected chi connectivity index (χ0v) is 11.9. The van der Waals surface area contributed by atoms with E-state index in [1.807, 2.05) is 32.0 Å². The fraction of sp³-hybridized carbons (Fsp3) is 0.417. The molecule has 0 heterocycles. The highest BCUT2D eigenvalue weighted by Gasteiger charge is 2.16. The van der Waals surface area contributed by atoms with Crippen molar-refractivity contribution in [1.29, 1.82) is 5.26 Å². The van der Waals surface area contributed by atoms with Gasteiger partial charge >= 0.3 is 0 Å². The molecule has 4 heteroatoms. The molecule has 0 aliphatic rings. The largest absolute Gasteiger partial charge is 0.399 e. The molecule has 1 aromatic rings. The van der Waals surface area contributed by atoms with Gasteiger partial charge in [-0.25, -0.2) is 0 Å². The van der Waals surface area contributed by atoms with E-state index in [0.29, 0.717) is 0 Å². The Balaban J connectivity index is 2.53. The predicted molar refractivity (Wildman–Crippen MR) is 73.3 cm³/mol. The van der Waals surface area contributed by atoms with Crippen LogP contribution in [0, 0.1) is 16.7 Å². The van der Waals surface area contributed by atoms with E-state index < -0.39 is 0 Å². The van der Waals surface area contributed by atoms with Gasteiger partial charge in [0, 0.05) is 15.1 Å². The molecule has 0 radical (unpaired) electrons. The molecule has 1 rings (SSSR count). The average molecular weight is 299 g/mol. The predicted octanol–water partition coefficient (Wildman–Crippen LogP) is 4.06. The molecule has 0 saturated carbocycles. The van der Waals surface area contributed by atoms with Crippen molar-refractivity contribution in [3.63, 3.8) is 0 Å². The molecule has 0 bridgehead atoms. The Morgan fingerprint density at radius 3 is 2.75 bits per heavy atom. The summed E-state index contributed by atoms with van der Waals surface area (Å²) >= 11 is 5.22. The summed E-state index contributed by atoms with van der Waals surface area (Å²) in [6.45, 7) is 3.93. The first-order chi connectivity index (χ1) is 7.44. The van der Waals surface area contributed by atoms with Crippen molar-refractivity contribution < 1.29 is 0 Å². The van der Waals surface area contributed by atoms with E-state index >= 15 is 0 Å². The van der Waals surface area contributed by atoms with Crippen molar-refractivity contribution in [2.45, 2.75) is 25.2 Å². The van der Waals surface area contributed by atoms with E-state index in [-0.39, 0.29) is 5.41 Å². The molecule has 0 amide bonds. The van der Waals surface area contributed by atoms with Gasteiger partial charge in [0.05, 0.1) is 11.5 Å². The average Bonchev–Trinajstić information content (AvgIpc) is 2.21. The lowest BCUT2D eigenvalue weighted by atomic mass is 9.93. The lowest BCUT2D eigenvalue weighted by Gasteiger charge is -2.14. The molecule has 0 atom stereocenters. The number of halogens is 1. The van der Waals surface area contributed by atoms with Crippen molar-refractivity contribution in [3.8, 4) is 6.07 Å². The summed E-state index contributed by atoms with van der Waals surface area (Å²) in [5.74, 6) is 0.934. The standard InChI is InChI=1S/C12H15BrN2S/c1-12(2,8-14)5-6-16-11-4-3-9(15)7-10(11)13/h3-4,7H,5-6,15H2,1-2H3. The van der Waals surface area contributed by atoms with Crippen molar-refractivity contribution in [1.82, 2.24) is 0 Å². The smallest absolute Gasteiger partial charge is 0.0684 e. The number of nitrogen functional groups attached to an aromatic ring is 1. The fourth-order valence-electron chi connectivity index (χ4n) is 1.11. The Kier molecular flexibility index (Phi) is 4.69. The first kappa shape index (κ1) is 13.4. The van der Waals surface area contributed by atoms with Gasteiger partial charge in [0.1, 0.15) is 0 Å². The molecule has 16 heavy (non-hydrogen) atoms. The molecule has 0 spiro atoms. The molecule has 2 N–H and O–H groups in total. The summed E-state index contributed by atoms with van der Waals surface area (Å²) < 4.78 is 1.02. The second-order valence-electron chi connectivity index (χ2n) is 4.28. The molecular weight excluding hydrogens is 284 g/mol. The van der Waals surface area contributed by atoms with Gasteiger partial charge in [0.15, 0.2) is 0 Å². The maximum atomic E-state index is 8.90. The van der Waals surface area contributed by atoms with Crippen molar-refractivity contribution in [3.05, 3.63) is 22.7 Å². The lowest BCUT2D eigenvalue weighted by molar-refractivity contribution is 0.482. The highest BCUT2D eigenvalue weighted by molar-refractivity contribution is 9.10. The van der Waals surface area contributed by atoms with E-state index in [1.165, 1.54) is 4.90 Å². The van der Waals surface area contributed by atoms with Crippen LogP contribution in [-0.2, 0) is 0 Å². The zero-order valence-electron chi connectivity index (χ0n) is 9.46. The van der Waals surface area contributed by atoms with E-state index in [2.05, 4.69) is 22.0 Å². The van der Waals surface area contributed by atoms with Crippen LogP contribution in [0.1, 0.15) is 20.3 Å². The molecule has 0 aliphatic heterocycles. The first-order valence-electron chi connectivity index (χ1n) is 5.04. The second-order valence-corrected chi connectivity index (χ2v) is 6.28. The van der Waals surface area contributed by atoms with Crippen molar-refractivity contribution >= 4 is 33.4 Å². The Labute approximate surface area is 109 Å². The van der Waals surface area contributed by atoms with E-state index in [4.69, 9.17) is 11.0 Å². The number of nitrogens with two attached hydrogens (primary N) is 1. The van der Waals surface area contributed by atoms with E-state index in [9.17, 15) is 0 Å². The number of nitriles is 1. The monoisotopic (exact) mass is 298 g/mol. The van der Waals surface area contributed by atoms with Crippen molar-refractivity contribution in [2.75, 3.05) is 11.5 Å². The maximum absolute atomic E-state index is 8.90. The van der Waals surface area contributed by atoms with Crippen LogP contribution in [0.5, 0.6) is 0 Å². The van der Waals surface area contributed by atoms with Crippen LogP contribution in [0.2, 0.25) is 0 Å². The van der Waals surface area contributed by atoms with Gasteiger partial charge in [-0.3, -0.25) is 0 Å². The van der Waals surface area contributed by atoms with Gasteiger partial charge in [-0.1, -0.05) is 0 Å². The summed E-state index contributed by atoms with van der Waals surface area (Å²) in [6, 6.07) is 8.10. The van der Waals surface area contributed by atoms with Crippen LogP contribution >= 0.6 is 27.7 Å². The SMILES string of the molecule is CC(C)(C#N)CCSc1ccc(N)cc1Br. The minimum absolute atomic E-state index is 0.243. The van der Waals surface area contributed by atoms with Gasteiger partial charge in [0.25, 0.3) is 0 Å². The molecule has 0 unspecified atom stereocenters. The minimum atomic E-state index is -0.243. The molecule has 1 aromatic carbocycles. The molecule has 2 nitrogen and oxygen atoms in total. The minimum Gasteiger partial charge on any atom is -0.399 e. The summed E-state index contributed by atoms with van der Waals surface area (Å²) in [7, 11) is 0. The lowest BCUT2D eigenvalue weighted by Crippen LogP contribution is -2.08. The van der Waals surface area contributed by atoms with Crippen LogP contribution in [0.15, 0.2) is 27.6 Å². The molecule has 0 aromatic heterocycles. The Bertz CT molecular complexity index is 410. The van der Waals surface area contributed by atoms with E-state index in [0.717, 1.165) is 22.3 Å². The summed E-state index contributed by atoms with van der Waals surface area (Å²) in [5.41, 5.74) is 6.18. The highest BCUT2D eigenvalue weighted by Crippen LogP contribution is 2.31. The molecular formula is C12H15BrN2S. The zero-order chi connectivity index (χ0) is 12.2. The van der Waals surface area contributed by atoms with Gasteiger partial charge in [0.2, 0.25) is 0 Å². The van der Waals surface area contributed by atoms with Gasteiger partial charge in [-0.15, -0.1) is 11.8 Å².